The fourth-order valence-electron chi connectivity index (χ4n) is 6.87. The van der Waals surface area contributed by atoms with Crippen LogP contribution in [-0.4, -0.2) is 81.6 Å². The zero-order valence-electron chi connectivity index (χ0n) is 30.3. The number of benzene rings is 4. The summed E-state index contributed by atoms with van der Waals surface area (Å²) in [6, 6.07) is 27.3. The van der Waals surface area contributed by atoms with Crippen molar-refractivity contribution in [1.82, 2.24) is 24.8 Å². The molecule has 0 N–H and O–H groups in total. The van der Waals surface area contributed by atoms with Gasteiger partial charge in [0.05, 0.1) is 0 Å². The number of likely N-dealkylation sites (tertiary alicyclic amines) is 1. The SMILES string of the molecule is Cc1noc(C(Cc2ccc3ccccc3c2)N(C)C(=O)C(Cc2ccc3ccccc3c2)N(C)C(=O)C2CCN(C(=O)OC(C)(C)C)CC2)n1. The van der Waals surface area contributed by atoms with Crippen molar-refractivity contribution < 1.29 is 23.6 Å². The standard InChI is InChI=1S/C41H47N5O5/c1-27-42-37(51-43-27)35(25-28-15-17-30-11-7-9-13-33(30)23-28)44(5)39(48)36(26-29-16-18-31-12-8-10-14-34(31)24-29)45(6)38(47)32-19-21-46(22-20-32)40(49)50-41(2,3)4/h7-18,23-24,32,35-36H,19-22,25-26H2,1-6H3. The van der Waals surface area contributed by atoms with Gasteiger partial charge >= 0.3 is 6.09 Å². The molecule has 6 rings (SSSR count). The molecule has 2 heterocycles. The Balaban J connectivity index is 1.28. The first-order valence-electron chi connectivity index (χ1n) is 17.6. The van der Waals surface area contributed by atoms with Crippen LogP contribution >= 0.6 is 0 Å². The fraction of sp³-hybridized carbons (Fsp3) is 0.390. The lowest BCUT2D eigenvalue weighted by molar-refractivity contribution is -0.148. The Morgan fingerprint density at radius 3 is 1.90 bits per heavy atom. The van der Waals surface area contributed by atoms with E-state index in [1.807, 2.05) is 63.2 Å². The van der Waals surface area contributed by atoms with E-state index in [1.165, 1.54) is 0 Å². The number of amides is 3. The van der Waals surface area contributed by atoms with E-state index in [2.05, 4.69) is 52.6 Å². The lowest BCUT2D eigenvalue weighted by Crippen LogP contribution is -2.53. The van der Waals surface area contributed by atoms with E-state index in [1.54, 1.807) is 35.7 Å². The molecule has 1 saturated heterocycles. The summed E-state index contributed by atoms with van der Waals surface area (Å²) in [6.07, 6.45) is 1.36. The molecule has 266 valence electrons. The third-order valence-electron chi connectivity index (χ3n) is 9.73. The van der Waals surface area contributed by atoms with E-state index >= 15 is 0 Å². The molecule has 0 radical (unpaired) electrons. The maximum Gasteiger partial charge on any atom is 0.410 e. The molecule has 51 heavy (non-hydrogen) atoms. The molecule has 1 fully saturated rings. The second-order valence-electron chi connectivity index (χ2n) is 14.6. The second kappa shape index (κ2) is 14.9. The van der Waals surface area contributed by atoms with Crippen LogP contribution < -0.4 is 0 Å². The van der Waals surface area contributed by atoms with Crippen LogP contribution in [-0.2, 0) is 27.2 Å². The average Bonchev–Trinajstić information content (AvgIpc) is 3.56. The molecule has 10 nitrogen and oxygen atoms in total. The summed E-state index contributed by atoms with van der Waals surface area (Å²) in [5.74, 6) is 0.132. The summed E-state index contributed by atoms with van der Waals surface area (Å²) in [6.45, 7) is 8.09. The topological polar surface area (TPSA) is 109 Å². The van der Waals surface area contributed by atoms with E-state index in [-0.39, 0.29) is 23.8 Å². The minimum Gasteiger partial charge on any atom is -0.444 e. The number of aromatic nitrogens is 2. The summed E-state index contributed by atoms with van der Waals surface area (Å²) in [4.78, 5) is 51.2. The largest absolute Gasteiger partial charge is 0.444 e. The van der Waals surface area contributed by atoms with Crippen molar-refractivity contribution >= 4 is 39.5 Å². The van der Waals surface area contributed by atoms with Gasteiger partial charge in [0.25, 0.3) is 0 Å². The monoisotopic (exact) mass is 689 g/mol. The smallest absolute Gasteiger partial charge is 0.410 e. The molecule has 0 bridgehead atoms. The molecule has 0 saturated carbocycles. The molecule has 2 unspecified atom stereocenters. The highest BCUT2D eigenvalue weighted by molar-refractivity contribution is 5.90. The van der Waals surface area contributed by atoms with Crippen LogP contribution in [0.1, 0.15) is 62.5 Å². The molecule has 3 amide bonds. The Morgan fingerprint density at radius 2 is 1.37 bits per heavy atom. The highest BCUT2D eigenvalue weighted by Crippen LogP contribution is 2.29. The van der Waals surface area contributed by atoms with Crippen LogP contribution in [0.5, 0.6) is 0 Å². The Kier molecular flexibility index (Phi) is 10.4. The number of ether oxygens (including phenoxy) is 1. The quantitative estimate of drug-likeness (QED) is 0.162. The van der Waals surface area contributed by atoms with E-state index < -0.39 is 17.7 Å². The molecular weight excluding hydrogens is 642 g/mol. The third kappa shape index (κ3) is 8.39. The van der Waals surface area contributed by atoms with Crippen molar-refractivity contribution in [2.45, 2.75) is 71.1 Å². The number of likely N-dealkylation sites (N-methyl/N-ethyl adjacent to an activating group) is 2. The van der Waals surface area contributed by atoms with Crippen LogP contribution in [0, 0.1) is 12.8 Å². The number of hydrogen-bond acceptors (Lipinski definition) is 7. The van der Waals surface area contributed by atoms with Gasteiger partial charge in [-0.05, 0) is 73.2 Å². The van der Waals surface area contributed by atoms with Gasteiger partial charge in [-0.2, -0.15) is 4.98 Å². The van der Waals surface area contributed by atoms with E-state index in [0.29, 0.717) is 50.5 Å². The number of aryl methyl sites for hydroxylation is 1. The van der Waals surface area contributed by atoms with Crippen LogP contribution in [0.3, 0.4) is 0 Å². The molecule has 10 heteroatoms. The van der Waals surface area contributed by atoms with Crippen LogP contribution in [0.4, 0.5) is 4.79 Å². The van der Waals surface area contributed by atoms with Crippen LogP contribution in [0.15, 0.2) is 89.5 Å². The predicted octanol–water partition coefficient (Wildman–Crippen LogP) is 7.14. The highest BCUT2D eigenvalue weighted by atomic mass is 16.6. The number of piperidine rings is 1. The number of nitrogens with zero attached hydrogens (tertiary/aromatic N) is 5. The number of rotatable bonds is 9. The Labute approximate surface area is 299 Å². The van der Waals surface area contributed by atoms with Crippen molar-refractivity contribution in [2.75, 3.05) is 27.2 Å². The van der Waals surface area contributed by atoms with Gasteiger partial charge in [-0.3, -0.25) is 9.59 Å². The molecule has 1 aliphatic heterocycles. The minimum absolute atomic E-state index is 0.119. The van der Waals surface area contributed by atoms with Crippen molar-refractivity contribution in [3.63, 3.8) is 0 Å². The molecule has 0 aliphatic carbocycles. The zero-order valence-corrected chi connectivity index (χ0v) is 30.3. The summed E-state index contributed by atoms with van der Waals surface area (Å²) in [5, 5.41) is 8.44. The second-order valence-corrected chi connectivity index (χ2v) is 14.6. The number of fused-ring (bicyclic) bond motifs is 2. The molecule has 1 aromatic heterocycles. The predicted molar refractivity (Wildman–Crippen MR) is 197 cm³/mol. The lowest BCUT2D eigenvalue weighted by Gasteiger charge is -2.37. The molecule has 1 aliphatic rings. The summed E-state index contributed by atoms with van der Waals surface area (Å²) >= 11 is 0. The Morgan fingerprint density at radius 1 is 0.824 bits per heavy atom. The van der Waals surface area contributed by atoms with Gasteiger partial charge in [0.15, 0.2) is 5.82 Å². The first kappa shape index (κ1) is 35.6. The number of hydrogen-bond donors (Lipinski definition) is 0. The zero-order chi connectivity index (χ0) is 36.3. The van der Waals surface area contributed by atoms with Gasteiger partial charge < -0.3 is 24.0 Å². The van der Waals surface area contributed by atoms with Gasteiger partial charge in [0, 0.05) is 45.9 Å². The van der Waals surface area contributed by atoms with Gasteiger partial charge in [-0.15, -0.1) is 0 Å². The van der Waals surface area contributed by atoms with E-state index in [9.17, 15) is 14.4 Å². The van der Waals surface area contributed by atoms with Crippen molar-refractivity contribution in [1.29, 1.82) is 0 Å². The number of carbonyl (C=O) groups excluding carboxylic acids is 3. The Hall–Kier alpha value is -5.25. The van der Waals surface area contributed by atoms with Gasteiger partial charge in [-0.1, -0.05) is 90.1 Å². The van der Waals surface area contributed by atoms with Gasteiger partial charge in [0.2, 0.25) is 17.7 Å². The molecule has 0 spiro atoms. The van der Waals surface area contributed by atoms with Gasteiger partial charge in [0.1, 0.15) is 17.7 Å². The van der Waals surface area contributed by atoms with Crippen molar-refractivity contribution in [2.24, 2.45) is 5.92 Å². The number of carbonyl (C=O) groups is 3. The normalized spacial score (nSPS) is 15.1. The molecule has 4 aromatic carbocycles. The first-order chi connectivity index (χ1) is 24.4. The summed E-state index contributed by atoms with van der Waals surface area (Å²) in [5.41, 5.74) is 1.36. The van der Waals surface area contributed by atoms with Gasteiger partial charge in [-0.25, -0.2) is 4.79 Å². The molecule has 5 aromatic rings. The minimum atomic E-state index is -0.810. The first-order valence-corrected chi connectivity index (χ1v) is 17.6. The summed E-state index contributed by atoms with van der Waals surface area (Å²) in [7, 11) is 3.47. The molecular formula is C41H47N5O5. The third-order valence-corrected chi connectivity index (χ3v) is 9.73. The van der Waals surface area contributed by atoms with Crippen LogP contribution in [0.2, 0.25) is 0 Å². The average molecular weight is 690 g/mol. The fourth-order valence-corrected chi connectivity index (χ4v) is 6.87. The van der Waals surface area contributed by atoms with E-state index in [4.69, 9.17) is 9.26 Å². The maximum atomic E-state index is 14.8. The highest BCUT2D eigenvalue weighted by Gasteiger charge is 2.38. The summed E-state index contributed by atoms with van der Waals surface area (Å²) < 4.78 is 11.2. The van der Waals surface area contributed by atoms with Crippen molar-refractivity contribution in [3.05, 3.63) is 108 Å². The van der Waals surface area contributed by atoms with E-state index in [0.717, 1.165) is 32.7 Å². The van der Waals surface area contributed by atoms with Crippen LogP contribution in [0.25, 0.3) is 21.5 Å². The molecule has 2 atom stereocenters. The Bertz CT molecular complexity index is 2030. The van der Waals surface area contributed by atoms with Crippen molar-refractivity contribution in [3.8, 4) is 0 Å². The maximum absolute atomic E-state index is 14.8. The lowest BCUT2D eigenvalue weighted by atomic mass is 9.93.